The van der Waals surface area contributed by atoms with Gasteiger partial charge in [-0.25, -0.2) is 0 Å². The largest absolute Gasteiger partial charge is 0.463 e. The van der Waals surface area contributed by atoms with Gasteiger partial charge in [-0.2, -0.15) is 5.26 Å². The van der Waals surface area contributed by atoms with E-state index in [0.29, 0.717) is 0 Å². The minimum atomic E-state index is -1.52. The van der Waals surface area contributed by atoms with Crippen LogP contribution in [0.3, 0.4) is 0 Å². The maximum absolute atomic E-state index is 11.3. The molecule has 1 aromatic carbocycles. The Morgan fingerprint density at radius 2 is 2.00 bits per heavy atom. The third kappa shape index (κ3) is 3.77. The lowest BCUT2D eigenvalue weighted by Crippen LogP contribution is -2.64. The first kappa shape index (κ1) is 17.6. The summed E-state index contributed by atoms with van der Waals surface area (Å²) in [6.07, 6.45) is -5.63. The van der Waals surface area contributed by atoms with Crippen LogP contribution in [0.25, 0.3) is 0 Å². The van der Waals surface area contributed by atoms with Gasteiger partial charge in [0.05, 0.1) is 11.0 Å². The van der Waals surface area contributed by atoms with Crippen LogP contribution in [0.4, 0.5) is 5.69 Å². The van der Waals surface area contributed by atoms with Gasteiger partial charge in [0.25, 0.3) is 5.69 Å². The van der Waals surface area contributed by atoms with Gasteiger partial charge in [-0.1, -0.05) is 0 Å². The summed E-state index contributed by atoms with van der Waals surface area (Å²) in [5.41, 5.74) is -0.143. The number of amides is 1. The van der Waals surface area contributed by atoms with Crippen LogP contribution in [0.5, 0.6) is 5.75 Å². The third-order valence-corrected chi connectivity index (χ3v) is 3.40. The van der Waals surface area contributed by atoms with E-state index >= 15 is 0 Å². The van der Waals surface area contributed by atoms with Crippen LogP contribution in [-0.4, -0.2) is 51.7 Å². The summed E-state index contributed by atoms with van der Waals surface area (Å²) in [7, 11) is 0. The fourth-order valence-corrected chi connectivity index (χ4v) is 2.24. The first-order valence-electron chi connectivity index (χ1n) is 6.93. The summed E-state index contributed by atoms with van der Waals surface area (Å²) in [4.78, 5) is 21.3. The highest BCUT2D eigenvalue weighted by molar-refractivity contribution is 5.73. The zero-order chi connectivity index (χ0) is 17.9. The van der Waals surface area contributed by atoms with E-state index in [0.717, 1.165) is 0 Å². The number of aliphatic hydroxyl groups excluding tert-OH is 2. The Bertz CT molecular complexity index is 657. The molecule has 10 heteroatoms. The standard InChI is InChI=1S/C14H15N3O7/c1-7(18)16-11-13(20)12(19)10(6-15)24-14(11)23-9-4-2-8(3-5-9)17(21)22/h2-5,10-14,19-20H,1H3,(H,16,18)/t10-,11-,12-,13-,14-/m1/s1. The maximum Gasteiger partial charge on any atom is 0.269 e. The Morgan fingerprint density at radius 3 is 2.50 bits per heavy atom. The number of aliphatic hydroxyl groups is 2. The fourth-order valence-electron chi connectivity index (χ4n) is 2.24. The summed E-state index contributed by atoms with van der Waals surface area (Å²) < 4.78 is 10.7. The van der Waals surface area contributed by atoms with Gasteiger partial charge >= 0.3 is 0 Å². The Balaban J connectivity index is 2.21. The lowest BCUT2D eigenvalue weighted by Gasteiger charge is -2.40. The van der Waals surface area contributed by atoms with Crippen LogP contribution in [0.15, 0.2) is 24.3 Å². The maximum atomic E-state index is 11.3. The number of rotatable bonds is 4. The number of benzene rings is 1. The number of nitro groups is 1. The van der Waals surface area contributed by atoms with E-state index in [1.54, 1.807) is 6.07 Å². The molecular weight excluding hydrogens is 322 g/mol. The van der Waals surface area contributed by atoms with Crippen molar-refractivity contribution in [1.29, 1.82) is 5.26 Å². The molecule has 0 saturated carbocycles. The number of hydrogen-bond acceptors (Lipinski definition) is 8. The average Bonchev–Trinajstić information content (AvgIpc) is 2.54. The number of nitrogens with one attached hydrogen (secondary N) is 1. The molecule has 0 unspecified atom stereocenters. The molecule has 0 aliphatic carbocycles. The minimum absolute atomic E-state index is 0.143. The van der Waals surface area contributed by atoms with Gasteiger partial charge < -0.3 is 25.0 Å². The second-order valence-corrected chi connectivity index (χ2v) is 5.13. The summed E-state index contributed by atoms with van der Waals surface area (Å²) >= 11 is 0. The van der Waals surface area contributed by atoms with Gasteiger partial charge in [0.15, 0.2) is 6.10 Å². The van der Waals surface area contributed by atoms with Crippen molar-refractivity contribution < 1.29 is 29.4 Å². The van der Waals surface area contributed by atoms with Crippen LogP contribution < -0.4 is 10.1 Å². The van der Waals surface area contributed by atoms with Crippen molar-refractivity contribution in [2.24, 2.45) is 0 Å². The Hall–Kier alpha value is -2.74. The van der Waals surface area contributed by atoms with Crippen molar-refractivity contribution in [3.8, 4) is 11.8 Å². The number of ether oxygens (including phenoxy) is 2. The lowest BCUT2D eigenvalue weighted by atomic mass is 9.97. The topological polar surface area (TPSA) is 155 Å². The van der Waals surface area contributed by atoms with Gasteiger partial charge in [-0.15, -0.1) is 0 Å². The number of nitro benzene ring substituents is 1. The highest BCUT2D eigenvalue weighted by Gasteiger charge is 2.46. The second kappa shape index (κ2) is 7.22. The van der Waals surface area contributed by atoms with Crippen molar-refractivity contribution in [2.75, 3.05) is 0 Å². The summed E-state index contributed by atoms with van der Waals surface area (Å²) in [6, 6.07) is 5.59. The number of carbonyl (C=O) groups excluding carboxylic acids is 1. The van der Waals surface area contributed by atoms with Crippen LogP contribution >= 0.6 is 0 Å². The van der Waals surface area contributed by atoms with E-state index in [-0.39, 0.29) is 11.4 Å². The number of nitrogens with zero attached hydrogens (tertiary/aromatic N) is 2. The zero-order valence-electron chi connectivity index (χ0n) is 12.5. The molecule has 10 nitrogen and oxygen atoms in total. The van der Waals surface area contributed by atoms with Crippen LogP contribution in [0.2, 0.25) is 0 Å². The monoisotopic (exact) mass is 337 g/mol. The van der Waals surface area contributed by atoms with Crippen molar-refractivity contribution >= 4 is 11.6 Å². The fraction of sp³-hybridized carbons (Fsp3) is 0.429. The number of non-ortho nitro benzene ring substituents is 1. The van der Waals surface area contributed by atoms with E-state index in [1.807, 2.05) is 0 Å². The molecule has 1 fully saturated rings. The van der Waals surface area contributed by atoms with Gasteiger partial charge in [0, 0.05) is 19.1 Å². The van der Waals surface area contributed by atoms with Gasteiger partial charge in [0.2, 0.25) is 12.2 Å². The molecule has 1 aliphatic heterocycles. The first-order valence-corrected chi connectivity index (χ1v) is 6.93. The van der Waals surface area contributed by atoms with E-state index in [1.165, 1.54) is 31.2 Å². The SMILES string of the molecule is CC(=O)N[C@H]1[C@H](Oc2ccc([N+](=O)[O-])cc2)O[C@H](C#N)[C@@H](O)[C@@H]1O. The van der Waals surface area contributed by atoms with Crippen molar-refractivity contribution in [2.45, 2.75) is 37.6 Å². The summed E-state index contributed by atoms with van der Waals surface area (Å²) in [5, 5.41) is 41.9. The molecule has 0 radical (unpaired) electrons. The van der Waals surface area contributed by atoms with Crippen molar-refractivity contribution in [3.05, 3.63) is 34.4 Å². The average molecular weight is 337 g/mol. The molecule has 5 atom stereocenters. The van der Waals surface area contributed by atoms with Crippen molar-refractivity contribution in [3.63, 3.8) is 0 Å². The number of nitriles is 1. The number of hydrogen-bond donors (Lipinski definition) is 3. The normalized spacial score (nSPS) is 29.3. The molecule has 128 valence electrons. The van der Waals surface area contributed by atoms with Crippen LogP contribution in [-0.2, 0) is 9.53 Å². The predicted octanol–water partition coefficient (Wildman–Crippen LogP) is -0.551. The summed E-state index contributed by atoms with van der Waals surface area (Å²) in [6.45, 7) is 1.21. The van der Waals surface area contributed by atoms with Crippen LogP contribution in [0, 0.1) is 21.4 Å². The first-order chi connectivity index (χ1) is 11.3. The molecule has 3 N–H and O–H groups in total. The highest BCUT2D eigenvalue weighted by atomic mass is 16.7. The minimum Gasteiger partial charge on any atom is -0.463 e. The van der Waals surface area contributed by atoms with Gasteiger partial charge in [-0.3, -0.25) is 14.9 Å². The molecule has 1 saturated heterocycles. The molecule has 24 heavy (non-hydrogen) atoms. The Kier molecular flexibility index (Phi) is 5.30. The zero-order valence-corrected chi connectivity index (χ0v) is 12.5. The molecule has 2 rings (SSSR count). The van der Waals surface area contributed by atoms with Crippen LogP contribution in [0.1, 0.15) is 6.92 Å². The predicted molar refractivity (Wildman–Crippen MR) is 77.6 cm³/mol. The molecule has 0 spiro atoms. The van der Waals surface area contributed by atoms with Gasteiger partial charge in [0.1, 0.15) is 24.0 Å². The molecule has 0 aromatic heterocycles. The molecule has 0 bridgehead atoms. The number of carbonyl (C=O) groups is 1. The van der Waals surface area contributed by atoms with Gasteiger partial charge in [-0.05, 0) is 12.1 Å². The van der Waals surface area contributed by atoms with E-state index < -0.39 is 41.5 Å². The molecule has 1 aromatic rings. The Labute approximate surface area is 136 Å². The van der Waals surface area contributed by atoms with Crippen molar-refractivity contribution in [1.82, 2.24) is 5.32 Å². The quantitative estimate of drug-likeness (QED) is 0.488. The Morgan fingerprint density at radius 1 is 1.38 bits per heavy atom. The van der Waals surface area contributed by atoms with E-state index in [9.17, 15) is 25.1 Å². The third-order valence-electron chi connectivity index (χ3n) is 3.40. The van der Waals surface area contributed by atoms with E-state index in [4.69, 9.17) is 14.7 Å². The second-order valence-electron chi connectivity index (χ2n) is 5.13. The smallest absolute Gasteiger partial charge is 0.269 e. The highest BCUT2D eigenvalue weighted by Crippen LogP contribution is 2.25. The molecule has 1 heterocycles. The molecular formula is C14H15N3O7. The lowest BCUT2D eigenvalue weighted by molar-refractivity contribution is -0.384. The molecule has 1 amide bonds. The summed E-state index contributed by atoms with van der Waals surface area (Å²) in [5.74, 6) is -0.330. The van der Waals surface area contributed by atoms with E-state index in [2.05, 4.69) is 5.32 Å². The molecule has 1 aliphatic rings.